The summed E-state index contributed by atoms with van der Waals surface area (Å²) in [4.78, 5) is 28.1. The van der Waals surface area contributed by atoms with E-state index in [4.69, 9.17) is 16.3 Å². The minimum Gasteiger partial charge on any atom is -0.497 e. The molecular weight excluding hydrogens is 412 g/mol. The minimum absolute atomic E-state index is 0.226. The normalized spacial score (nSPS) is 13.7. The van der Waals surface area contributed by atoms with Crippen LogP contribution in [0.5, 0.6) is 5.75 Å². The summed E-state index contributed by atoms with van der Waals surface area (Å²) in [6, 6.07) is 19.6. The number of imide groups is 1. The van der Waals surface area contributed by atoms with Gasteiger partial charge in [-0.25, -0.2) is 4.90 Å². The largest absolute Gasteiger partial charge is 0.497 e. The number of carbonyl (C=O) groups is 2. The lowest BCUT2D eigenvalue weighted by molar-refractivity contribution is -0.120. The fraction of sp³-hybridized carbons (Fsp3) is 0.120. The van der Waals surface area contributed by atoms with Crippen LogP contribution in [-0.2, 0) is 9.59 Å². The molecule has 156 valence electrons. The summed E-state index contributed by atoms with van der Waals surface area (Å²) in [6.07, 6.45) is 0. The van der Waals surface area contributed by atoms with Gasteiger partial charge in [0.05, 0.1) is 18.4 Å². The predicted octanol–water partition coefficient (Wildman–Crippen LogP) is 5.36. The number of aryl methyl sites for hydroxylation is 1. The molecule has 0 aromatic heterocycles. The topological polar surface area (TPSA) is 58.6 Å². The van der Waals surface area contributed by atoms with Gasteiger partial charge in [-0.1, -0.05) is 41.9 Å². The Labute approximate surface area is 185 Å². The third-order valence-corrected chi connectivity index (χ3v) is 5.63. The summed E-state index contributed by atoms with van der Waals surface area (Å²) in [5.41, 5.74) is 4.43. The van der Waals surface area contributed by atoms with Crippen LogP contribution in [0.25, 0.3) is 5.57 Å². The number of amides is 2. The number of carbonyl (C=O) groups excluding carboxylic acids is 2. The fourth-order valence-corrected chi connectivity index (χ4v) is 3.73. The monoisotopic (exact) mass is 432 g/mol. The first-order valence-corrected chi connectivity index (χ1v) is 10.1. The molecule has 0 saturated heterocycles. The standard InChI is InChI=1S/C25H21ClN2O3/c1-15-6-4-9-21(16(15)2)27-23-22(17-10-12-20(31-3)13-11-17)24(29)28(25(23)30)19-8-5-7-18(26)14-19/h4-14,27H,1-3H3. The molecule has 0 spiro atoms. The molecule has 0 saturated carbocycles. The van der Waals surface area contributed by atoms with Gasteiger partial charge >= 0.3 is 0 Å². The van der Waals surface area contributed by atoms with E-state index in [0.29, 0.717) is 27.6 Å². The maximum Gasteiger partial charge on any atom is 0.282 e. The number of halogens is 1. The van der Waals surface area contributed by atoms with Gasteiger partial charge in [-0.3, -0.25) is 9.59 Å². The van der Waals surface area contributed by atoms with Gasteiger partial charge in [0.2, 0.25) is 0 Å². The summed E-state index contributed by atoms with van der Waals surface area (Å²) in [6.45, 7) is 3.97. The Morgan fingerprint density at radius 3 is 2.29 bits per heavy atom. The van der Waals surface area contributed by atoms with Gasteiger partial charge in [0.15, 0.2) is 0 Å². The van der Waals surface area contributed by atoms with Crippen LogP contribution in [0.3, 0.4) is 0 Å². The summed E-state index contributed by atoms with van der Waals surface area (Å²) >= 11 is 6.12. The molecule has 1 aliphatic heterocycles. The van der Waals surface area contributed by atoms with E-state index in [9.17, 15) is 9.59 Å². The Kier molecular flexibility index (Phi) is 5.53. The average Bonchev–Trinajstić information content (AvgIpc) is 3.01. The maximum absolute atomic E-state index is 13.5. The Bertz CT molecular complexity index is 1220. The molecule has 5 nitrogen and oxygen atoms in total. The molecule has 0 aliphatic carbocycles. The molecular formula is C25H21ClN2O3. The molecule has 0 radical (unpaired) electrons. The van der Waals surface area contributed by atoms with Crippen molar-refractivity contribution in [3.8, 4) is 5.75 Å². The van der Waals surface area contributed by atoms with Crippen molar-refractivity contribution >= 4 is 40.4 Å². The number of ether oxygens (including phenoxy) is 1. The van der Waals surface area contributed by atoms with E-state index in [1.54, 1.807) is 55.6 Å². The lowest BCUT2D eigenvalue weighted by Crippen LogP contribution is -2.32. The zero-order valence-electron chi connectivity index (χ0n) is 17.4. The Hall–Kier alpha value is -3.57. The first-order valence-electron chi connectivity index (χ1n) is 9.77. The van der Waals surface area contributed by atoms with Gasteiger partial charge in [0.1, 0.15) is 11.4 Å². The highest BCUT2D eigenvalue weighted by Gasteiger charge is 2.40. The Balaban J connectivity index is 1.85. The lowest BCUT2D eigenvalue weighted by Gasteiger charge is -2.16. The zero-order valence-corrected chi connectivity index (χ0v) is 18.2. The maximum atomic E-state index is 13.5. The number of rotatable bonds is 5. The van der Waals surface area contributed by atoms with Crippen LogP contribution in [0.2, 0.25) is 5.02 Å². The Morgan fingerprint density at radius 1 is 0.903 bits per heavy atom. The van der Waals surface area contributed by atoms with Crippen LogP contribution in [0.1, 0.15) is 16.7 Å². The molecule has 4 rings (SSSR count). The van der Waals surface area contributed by atoms with Crippen molar-refractivity contribution < 1.29 is 14.3 Å². The second-order valence-corrected chi connectivity index (χ2v) is 7.71. The van der Waals surface area contributed by atoms with E-state index in [1.165, 1.54) is 0 Å². The number of nitrogens with one attached hydrogen (secondary N) is 1. The van der Waals surface area contributed by atoms with Crippen molar-refractivity contribution in [1.29, 1.82) is 0 Å². The second-order valence-electron chi connectivity index (χ2n) is 7.28. The second kappa shape index (κ2) is 8.28. The Morgan fingerprint density at radius 2 is 1.61 bits per heavy atom. The van der Waals surface area contributed by atoms with Crippen LogP contribution >= 0.6 is 11.6 Å². The first kappa shape index (κ1) is 20.7. The van der Waals surface area contributed by atoms with E-state index in [2.05, 4.69) is 5.32 Å². The molecule has 3 aromatic carbocycles. The van der Waals surface area contributed by atoms with Crippen molar-refractivity contribution in [3.05, 3.63) is 94.1 Å². The fourth-order valence-electron chi connectivity index (χ4n) is 3.54. The molecule has 0 fully saturated rings. The van der Waals surface area contributed by atoms with E-state index < -0.39 is 11.8 Å². The van der Waals surface area contributed by atoms with Crippen LogP contribution in [-0.4, -0.2) is 18.9 Å². The number of benzene rings is 3. The van der Waals surface area contributed by atoms with E-state index >= 15 is 0 Å². The van der Waals surface area contributed by atoms with Gasteiger partial charge in [-0.2, -0.15) is 0 Å². The third-order valence-electron chi connectivity index (χ3n) is 5.39. The van der Waals surface area contributed by atoms with Crippen molar-refractivity contribution in [2.45, 2.75) is 13.8 Å². The van der Waals surface area contributed by atoms with Gasteiger partial charge < -0.3 is 10.1 Å². The third kappa shape index (κ3) is 3.80. The SMILES string of the molecule is COc1ccc(C2=C(Nc3cccc(C)c3C)C(=O)N(c3cccc(Cl)c3)C2=O)cc1. The molecule has 6 heteroatoms. The highest BCUT2D eigenvalue weighted by atomic mass is 35.5. The molecule has 1 heterocycles. The van der Waals surface area contributed by atoms with Crippen LogP contribution < -0.4 is 15.0 Å². The number of anilines is 2. The summed E-state index contributed by atoms with van der Waals surface area (Å²) < 4.78 is 5.23. The van der Waals surface area contributed by atoms with Crippen molar-refractivity contribution in [2.24, 2.45) is 0 Å². The molecule has 2 amide bonds. The first-order chi connectivity index (χ1) is 14.9. The molecule has 1 aliphatic rings. The summed E-state index contributed by atoms with van der Waals surface area (Å²) in [5.74, 6) is -0.180. The molecule has 1 N–H and O–H groups in total. The van der Waals surface area contributed by atoms with Gasteiger partial charge in [0.25, 0.3) is 11.8 Å². The molecule has 3 aromatic rings. The number of hydrogen-bond acceptors (Lipinski definition) is 4. The van der Waals surface area contributed by atoms with Gasteiger partial charge in [0, 0.05) is 10.7 Å². The smallest absolute Gasteiger partial charge is 0.282 e. The van der Waals surface area contributed by atoms with E-state index in [1.807, 2.05) is 32.0 Å². The number of hydrogen-bond donors (Lipinski definition) is 1. The van der Waals surface area contributed by atoms with Crippen molar-refractivity contribution in [1.82, 2.24) is 0 Å². The summed E-state index contributed by atoms with van der Waals surface area (Å²) in [5, 5.41) is 3.67. The quantitative estimate of drug-likeness (QED) is 0.551. The highest BCUT2D eigenvalue weighted by molar-refractivity contribution is 6.46. The number of methoxy groups -OCH3 is 1. The van der Waals surface area contributed by atoms with Crippen molar-refractivity contribution in [2.75, 3.05) is 17.3 Å². The van der Waals surface area contributed by atoms with Crippen LogP contribution in [0.15, 0.2) is 72.4 Å². The highest BCUT2D eigenvalue weighted by Crippen LogP contribution is 2.35. The van der Waals surface area contributed by atoms with Crippen LogP contribution in [0, 0.1) is 13.8 Å². The van der Waals surface area contributed by atoms with E-state index in [-0.39, 0.29) is 5.70 Å². The van der Waals surface area contributed by atoms with Gasteiger partial charge in [-0.05, 0) is 66.9 Å². The zero-order chi connectivity index (χ0) is 22.1. The molecule has 0 atom stereocenters. The predicted molar refractivity (Wildman–Crippen MR) is 123 cm³/mol. The van der Waals surface area contributed by atoms with Crippen LogP contribution in [0.4, 0.5) is 11.4 Å². The molecule has 31 heavy (non-hydrogen) atoms. The molecule has 0 bridgehead atoms. The number of nitrogens with zero attached hydrogens (tertiary/aromatic N) is 1. The van der Waals surface area contributed by atoms with Crippen molar-refractivity contribution in [3.63, 3.8) is 0 Å². The average molecular weight is 433 g/mol. The minimum atomic E-state index is -0.431. The molecule has 0 unspecified atom stereocenters. The summed E-state index contributed by atoms with van der Waals surface area (Å²) in [7, 11) is 1.58. The lowest BCUT2D eigenvalue weighted by atomic mass is 10.0. The van der Waals surface area contributed by atoms with Gasteiger partial charge in [-0.15, -0.1) is 0 Å². The van der Waals surface area contributed by atoms with E-state index in [0.717, 1.165) is 21.7 Å².